The van der Waals surface area contributed by atoms with Crippen LogP contribution < -0.4 is 11.1 Å². The quantitative estimate of drug-likeness (QED) is 0.312. The van der Waals surface area contributed by atoms with E-state index in [0.29, 0.717) is 11.3 Å². The van der Waals surface area contributed by atoms with Gasteiger partial charge in [0.25, 0.3) is 0 Å². The highest BCUT2D eigenvalue weighted by Crippen LogP contribution is 2.13. The minimum Gasteiger partial charge on any atom is -0.409 e. The maximum atomic E-state index is 14.1. The first-order valence-electron chi connectivity index (χ1n) is 5.74. The van der Waals surface area contributed by atoms with Crippen molar-refractivity contribution in [1.82, 2.24) is 5.32 Å². The first-order valence-corrected chi connectivity index (χ1v) is 7.47. The molecule has 2 atom stereocenters. The van der Waals surface area contributed by atoms with Crippen LogP contribution in [0.15, 0.2) is 23.4 Å². The van der Waals surface area contributed by atoms with E-state index in [9.17, 15) is 8.60 Å². The van der Waals surface area contributed by atoms with Crippen molar-refractivity contribution in [2.45, 2.75) is 19.5 Å². The molecule has 0 aliphatic rings. The van der Waals surface area contributed by atoms with Gasteiger partial charge in [0.2, 0.25) is 0 Å². The summed E-state index contributed by atoms with van der Waals surface area (Å²) in [5, 5.41) is 14.4. The molecule has 0 saturated carbocycles. The number of hydrogen-bond donors (Lipinski definition) is 3. The molecule has 0 aromatic heterocycles. The third-order valence-electron chi connectivity index (χ3n) is 2.59. The van der Waals surface area contributed by atoms with Crippen LogP contribution in [0, 0.1) is 5.82 Å². The van der Waals surface area contributed by atoms with E-state index in [2.05, 4.69) is 10.5 Å². The summed E-state index contributed by atoms with van der Waals surface area (Å²) in [6.45, 7) is 2.17. The minimum atomic E-state index is -0.900. The number of halogens is 1. The Hall–Kier alpha value is -1.47. The van der Waals surface area contributed by atoms with Crippen LogP contribution >= 0.6 is 0 Å². The Bertz CT molecular complexity index is 494. The number of oxime groups is 1. The number of nitrogens with two attached hydrogens (primary N) is 1. The van der Waals surface area contributed by atoms with Crippen molar-refractivity contribution in [1.29, 1.82) is 0 Å². The summed E-state index contributed by atoms with van der Waals surface area (Å²) in [5.41, 5.74) is 5.86. The summed E-state index contributed by atoms with van der Waals surface area (Å²) in [6.07, 6.45) is 1.62. The Morgan fingerprint density at radius 3 is 2.89 bits per heavy atom. The lowest BCUT2D eigenvalue weighted by atomic mass is 10.1. The standard InChI is InChI=1S/C12H18FN3O2S/c1-8(7-19(2)18)15-6-9-4-3-5-10(11(9)13)12(14)16-17/h3-5,8,15,17H,6-7H2,1-2H3,(H2,14,16). The smallest absolute Gasteiger partial charge is 0.173 e. The zero-order valence-electron chi connectivity index (χ0n) is 10.9. The fourth-order valence-corrected chi connectivity index (χ4v) is 2.49. The minimum absolute atomic E-state index is 0.0118. The zero-order valence-corrected chi connectivity index (χ0v) is 11.7. The highest BCUT2D eigenvalue weighted by atomic mass is 32.2. The van der Waals surface area contributed by atoms with E-state index in [4.69, 9.17) is 10.9 Å². The largest absolute Gasteiger partial charge is 0.409 e. The summed E-state index contributed by atoms with van der Waals surface area (Å²) >= 11 is 0. The lowest BCUT2D eigenvalue weighted by Gasteiger charge is -2.13. The van der Waals surface area contributed by atoms with Gasteiger partial charge in [0.1, 0.15) is 5.82 Å². The molecule has 0 heterocycles. The molecule has 1 rings (SSSR count). The highest BCUT2D eigenvalue weighted by molar-refractivity contribution is 7.84. The molecule has 5 nitrogen and oxygen atoms in total. The third kappa shape index (κ3) is 4.60. The molecule has 0 fully saturated rings. The average Bonchev–Trinajstić information content (AvgIpc) is 2.36. The van der Waals surface area contributed by atoms with Gasteiger partial charge in [0.15, 0.2) is 5.84 Å². The summed E-state index contributed by atoms with van der Waals surface area (Å²) in [5.74, 6) is -0.279. The van der Waals surface area contributed by atoms with Gasteiger partial charge < -0.3 is 16.3 Å². The average molecular weight is 287 g/mol. The molecule has 0 amide bonds. The fraction of sp³-hybridized carbons (Fsp3) is 0.417. The van der Waals surface area contributed by atoms with Gasteiger partial charge in [0, 0.05) is 41.0 Å². The predicted molar refractivity (Wildman–Crippen MR) is 74.1 cm³/mol. The van der Waals surface area contributed by atoms with E-state index in [-0.39, 0.29) is 24.0 Å². The van der Waals surface area contributed by atoms with Crippen molar-refractivity contribution in [2.75, 3.05) is 12.0 Å². The summed E-state index contributed by atoms with van der Waals surface area (Å²) in [4.78, 5) is 0. The maximum absolute atomic E-state index is 14.1. The number of benzene rings is 1. The lowest BCUT2D eigenvalue weighted by Crippen LogP contribution is -2.31. The van der Waals surface area contributed by atoms with E-state index in [1.54, 1.807) is 18.4 Å². The molecule has 0 spiro atoms. The van der Waals surface area contributed by atoms with E-state index >= 15 is 0 Å². The van der Waals surface area contributed by atoms with Crippen LogP contribution in [-0.4, -0.2) is 33.3 Å². The first kappa shape index (κ1) is 15.6. The van der Waals surface area contributed by atoms with Gasteiger partial charge in [-0.15, -0.1) is 0 Å². The van der Waals surface area contributed by atoms with E-state index < -0.39 is 16.6 Å². The van der Waals surface area contributed by atoms with Gasteiger partial charge in [-0.3, -0.25) is 4.21 Å². The van der Waals surface area contributed by atoms with Crippen molar-refractivity contribution >= 4 is 16.6 Å². The van der Waals surface area contributed by atoms with Crippen molar-refractivity contribution in [3.8, 4) is 0 Å². The predicted octanol–water partition coefficient (Wildman–Crippen LogP) is 0.777. The van der Waals surface area contributed by atoms with Crippen molar-refractivity contribution in [2.24, 2.45) is 10.9 Å². The Kier molecular flexibility index (Phi) is 5.91. The maximum Gasteiger partial charge on any atom is 0.173 e. The molecule has 0 aliphatic heterocycles. The van der Waals surface area contributed by atoms with Gasteiger partial charge in [-0.2, -0.15) is 0 Å². The van der Waals surface area contributed by atoms with Gasteiger partial charge in [-0.05, 0) is 13.0 Å². The second-order valence-electron chi connectivity index (χ2n) is 4.29. The second-order valence-corrected chi connectivity index (χ2v) is 5.77. The molecule has 0 saturated heterocycles. The van der Waals surface area contributed by atoms with Gasteiger partial charge >= 0.3 is 0 Å². The van der Waals surface area contributed by atoms with Crippen LogP contribution in [0.3, 0.4) is 0 Å². The number of nitrogens with one attached hydrogen (secondary N) is 1. The van der Waals surface area contributed by atoms with Gasteiger partial charge in [0.05, 0.1) is 5.56 Å². The van der Waals surface area contributed by atoms with Gasteiger partial charge in [-0.1, -0.05) is 17.3 Å². The highest BCUT2D eigenvalue weighted by Gasteiger charge is 2.12. The first-order chi connectivity index (χ1) is 8.95. The van der Waals surface area contributed by atoms with Crippen LogP contribution in [0.2, 0.25) is 0 Å². The molecule has 0 radical (unpaired) electrons. The number of amidine groups is 1. The molecular formula is C12H18FN3O2S. The number of nitrogens with zero attached hydrogens (tertiary/aromatic N) is 1. The van der Waals surface area contributed by atoms with Crippen LogP contribution in [0.5, 0.6) is 0 Å². The molecule has 1 aromatic carbocycles. The second kappa shape index (κ2) is 7.20. The van der Waals surface area contributed by atoms with Crippen molar-refractivity contribution < 1.29 is 13.8 Å². The molecule has 1 aromatic rings. The Balaban J connectivity index is 2.77. The number of rotatable bonds is 6. The fourth-order valence-electron chi connectivity index (χ4n) is 1.66. The van der Waals surface area contributed by atoms with E-state index in [1.807, 2.05) is 6.92 Å². The molecule has 0 aliphatic carbocycles. The van der Waals surface area contributed by atoms with Crippen LogP contribution in [-0.2, 0) is 17.3 Å². The summed E-state index contributed by atoms with van der Waals surface area (Å²) < 4.78 is 25.1. The normalized spacial score (nSPS) is 15.2. The Morgan fingerprint density at radius 1 is 1.63 bits per heavy atom. The van der Waals surface area contributed by atoms with E-state index in [1.165, 1.54) is 6.07 Å². The molecular weight excluding hydrogens is 269 g/mol. The SMILES string of the molecule is CC(CS(C)=O)NCc1cccc(/C(N)=N/O)c1F. The molecule has 7 heteroatoms. The Morgan fingerprint density at radius 2 is 2.32 bits per heavy atom. The van der Waals surface area contributed by atoms with Crippen molar-refractivity contribution in [3.63, 3.8) is 0 Å². The molecule has 2 unspecified atom stereocenters. The molecule has 4 N–H and O–H groups in total. The topological polar surface area (TPSA) is 87.7 Å². The van der Waals surface area contributed by atoms with Crippen molar-refractivity contribution in [3.05, 3.63) is 35.1 Å². The van der Waals surface area contributed by atoms with E-state index in [0.717, 1.165) is 0 Å². The third-order valence-corrected chi connectivity index (χ3v) is 3.56. The molecule has 19 heavy (non-hydrogen) atoms. The number of hydrogen-bond acceptors (Lipinski definition) is 4. The van der Waals surface area contributed by atoms with Crippen LogP contribution in [0.4, 0.5) is 4.39 Å². The van der Waals surface area contributed by atoms with Crippen LogP contribution in [0.1, 0.15) is 18.1 Å². The Labute approximate surface area is 114 Å². The summed E-state index contributed by atoms with van der Waals surface area (Å²) in [6, 6.07) is 4.71. The lowest BCUT2D eigenvalue weighted by molar-refractivity contribution is 0.318. The summed E-state index contributed by atoms with van der Waals surface area (Å²) in [7, 11) is -0.900. The van der Waals surface area contributed by atoms with Gasteiger partial charge in [-0.25, -0.2) is 4.39 Å². The van der Waals surface area contributed by atoms with Crippen LogP contribution in [0.25, 0.3) is 0 Å². The zero-order chi connectivity index (χ0) is 14.4. The molecule has 106 valence electrons. The monoisotopic (exact) mass is 287 g/mol. The molecule has 0 bridgehead atoms.